The lowest BCUT2D eigenvalue weighted by atomic mass is 10.0. The van der Waals surface area contributed by atoms with E-state index in [1.807, 2.05) is 29.2 Å². The molecule has 1 unspecified atom stereocenters. The number of hydrogen-bond acceptors (Lipinski definition) is 3. The van der Waals surface area contributed by atoms with Crippen LogP contribution in [0.25, 0.3) is 0 Å². The second-order valence-corrected chi connectivity index (χ2v) is 7.02. The molecule has 150 valence electrons. The summed E-state index contributed by atoms with van der Waals surface area (Å²) in [6, 6.07) is 19.6. The molecule has 0 aliphatic carbocycles. The van der Waals surface area contributed by atoms with Crippen molar-refractivity contribution in [3.8, 4) is 11.5 Å². The minimum Gasteiger partial charge on any atom is -0.497 e. The highest BCUT2D eigenvalue weighted by Crippen LogP contribution is 2.32. The summed E-state index contributed by atoms with van der Waals surface area (Å²) in [5.74, 6) is 1.25. The molecule has 6 heteroatoms. The minimum atomic E-state index is -0.137. The Kier molecular flexibility index (Phi) is 5.42. The third kappa shape index (κ3) is 3.92. The lowest BCUT2D eigenvalue weighted by Gasteiger charge is -2.37. The molecular formula is C23H25N3O3. The molecular weight excluding hydrogens is 366 g/mol. The Bertz CT molecular complexity index is 984. The van der Waals surface area contributed by atoms with Crippen molar-refractivity contribution in [3.05, 3.63) is 78.1 Å². The van der Waals surface area contributed by atoms with Gasteiger partial charge in [-0.2, -0.15) is 0 Å². The van der Waals surface area contributed by atoms with E-state index in [1.165, 1.54) is 5.56 Å². The molecule has 4 rings (SSSR count). The Morgan fingerprint density at radius 2 is 1.86 bits per heavy atom. The molecule has 6 nitrogen and oxygen atoms in total. The van der Waals surface area contributed by atoms with E-state index >= 15 is 0 Å². The number of amides is 2. The highest BCUT2D eigenvalue weighted by atomic mass is 16.5. The van der Waals surface area contributed by atoms with Gasteiger partial charge in [0, 0.05) is 31.0 Å². The number of hydrogen-bond donors (Lipinski definition) is 1. The van der Waals surface area contributed by atoms with Crippen molar-refractivity contribution in [3.63, 3.8) is 0 Å². The Morgan fingerprint density at radius 3 is 2.62 bits per heavy atom. The molecule has 0 bridgehead atoms. The number of nitrogens with one attached hydrogen (secondary N) is 1. The molecule has 1 atom stereocenters. The second kappa shape index (κ2) is 8.31. The predicted molar refractivity (Wildman–Crippen MR) is 113 cm³/mol. The fourth-order valence-corrected chi connectivity index (χ4v) is 3.85. The Morgan fingerprint density at radius 1 is 1.03 bits per heavy atom. The van der Waals surface area contributed by atoms with E-state index in [2.05, 4.69) is 34.3 Å². The molecule has 0 radical (unpaired) electrons. The van der Waals surface area contributed by atoms with E-state index in [-0.39, 0.29) is 12.1 Å². The summed E-state index contributed by atoms with van der Waals surface area (Å²) < 4.78 is 12.9. The third-order valence-corrected chi connectivity index (χ3v) is 5.35. The molecule has 0 saturated heterocycles. The lowest BCUT2D eigenvalue weighted by molar-refractivity contribution is 0.167. The van der Waals surface area contributed by atoms with Crippen molar-refractivity contribution >= 4 is 11.7 Å². The van der Waals surface area contributed by atoms with Gasteiger partial charge >= 0.3 is 6.03 Å². The van der Waals surface area contributed by atoms with Gasteiger partial charge in [-0.25, -0.2) is 4.79 Å². The van der Waals surface area contributed by atoms with E-state index in [9.17, 15) is 4.79 Å². The number of nitrogens with zero attached hydrogens (tertiary/aromatic N) is 2. The molecule has 29 heavy (non-hydrogen) atoms. The average molecular weight is 391 g/mol. The number of fused-ring (bicyclic) bond motifs is 1. The summed E-state index contributed by atoms with van der Waals surface area (Å²) in [6.45, 7) is 1.42. The van der Waals surface area contributed by atoms with Gasteiger partial charge < -0.3 is 24.3 Å². The van der Waals surface area contributed by atoms with Gasteiger partial charge in [0.2, 0.25) is 0 Å². The Balaban J connectivity index is 1.59. The van der Waals surface area contributed by atoms with Crippen molar-refractivity contribution in [2.45, 2.75) is 19.0 Å². The number of ether oxygens (including phenoxy) is 2. The Hall–Kier alpha value is -3.41. The summed E-state index contributed by atoms with van der Waals surface area (Å²) in [6.07, 6.45) is 2.84. The van der Waals surface area contributed by atoms with Gasteiger partial charge in [-0.1, -0.05) is 30.3 Å². The number of anilines is 1. The number of benzene rings is 2. The van der Waals surface area contributed by atoms with E-state index in [0.29, 0.717) is 23.7 Å². The zero-order valence-corrected chi connectivity index (χ0v) is 16.7. The normalized spacial score (nSPS) is 15.5. The maximum Gasteiger partial charge on any atom is 0.322 e. The van der Waals surface area contributed by atoms with Crippen LogP contribution >= 0.6 is 0 Å². The SMILES string of the molecule is COc1ccc(NC(=O)N2CCn3cccc3C2Cc2ccccc2)c(OC)c1. The number of methoxy groups -OCH3 is 2. The van der Waals surface area contributed by atoms with Gasteiger partial charge in [0.15, 0.2) is 0 Å². The van der Waals surface area contributed by atoms with Crippen molar-refractivity contribution in [1.29, 1.82) is 0 Å². The highest BCUT2D eigenvalue weighted by Gasteiger charge is 2.31. The quantitative estimate of drug-likeness (QED) is 0.704. The first-order valence-electron chi connectivity index (χ1n) is 9.68. The first kappa shape index (κ1) is 18.9. The molecule has 0 spiro atoms. The molecule has 1 aliphatic heterocycles. The standard InChI is InChI=1S/C23H25N3O3/c1-28-18-10-11-19(22(16-18)29-2)24-23(27)26-14-13-25-12-6-9-20(25)21(26)15-17-7-4-3-5-8-17/h3-12,16,21H,13-15H2,1-2H3,(H,24,27). The monoisotopic (exact) mass is 391 g/mol. The zero-order chi connectivity index (χ0) is 20.2. The Labute approximate surface area is 170 Å². The molecule has 0 fully saturated rings. The van der Waals surface area contributed by atoms with E-state index in [0.717, 1.165) is 18.7 Å². The largest absolute Gasteiger partial charge is 0.497 e. The van der Waals surface area contributed by atoms with Crippen molar-refractivity contribution in [2.75, 3.05) is 26.1 Å². The maximum atomic E-state index is 13.2. The first-order chi connectivity index (χ1) is 14.2. The summed E-state index contributed by atoms with van der Waals surface area (Å²) >= 11 is 0. The molecule has 2 heterocycles. The smallest absolute Gasteiger partial charge is 0.322 e. The molecule has 1 N–H and O–H groups in total. The fourth-order valence-electron chi connectivity index (χ4n) is 3.85. The van der Waals surface area contributed by atoms with Gasteiger partial charge in [0.05, 0.1) is 25.9 Å². The van der Waals surface area contributed by atoms with Crippen LogP contribution in [0.4, 0.5) is 10.5 Å². The molecule has 1 aliphatic rings. The summed E-state index contributed by atoms with van der Waals surface area (Å²) in [4.78, 5) is 15.1. The number of carbonyl (C=O) groups excluding carboxylic acids is 1. The van der Waals surface area contributed by atoms with E-state index in [4.69, 9.17) is 9.47 Å². The molecule has 2 aromatic carbocycles. The second-order valence-electron chi connectivity index (χ2n) is 7.02. The molecule has 0 saturated carbocycles. The highest BCUT2D eigenvalue weighted by molar-refractivity contribution is 5.91. The number of rotatable bonds is 5. The van der Waals surface area contributed by atoms with Crippen molar-refractivity contribution < 1.29 is 14.3 Å². The molecule has 1 aromatic heterocycles. The summed E-state index contributed by atoms with van der Waals surface area (Å²) in [5, 5.41) is 3.02. The van der Waals surface area contributed by atoms with Crippen LogP contribution in [-0.4, -0.2) is 36.3 Å². The fraction of sp³-hybridized carbons (Fsp3) is 0.261. The van der Waals surface area contributed by atoms with Crippen LogP contribution in [0.5, 0.6) is 11.5 Å². The molecule has 3 aromatic rings. The van der Waals surface area contributed by atoms with Crippen LogP contribution in [0.15, 0.2) is 66.9 Å². The van der Waals surface area contributed by atoms with Crippen LogP contribution in [0, 0.1) is 0 Å². The maximum absolute atomic E-state index is 13.2. The van der Waals surface area contributed by atoms with Gasteiger partial charge in [-0.15, -0.1) is 0 Å². The van der Waals surface area contributed by atoms with E-state index in [1.54, 1.807) is 32.4 Å². The third-order valence-electron chi connectivity index (χ3n) is 5.35. The zero-order valence-electron chi connectivity index (χ0n) is 16.7. The van der Waals surface area contributed by atoms with Gasteiger partial charge in [-0.3, -0.25) is 0 Å². The van der Waals surface area contributed by atoms with Gasteiger partial charge in [-0.05, 0) is 36.2 Å². The predicted octanol–water partition coefficient (Wildman–Crippen LogP) is 4.34. The lowest BCUT2D eigenvalue weighted by Crippen LogP contribution is -2.44. The summed E-state index contributed by atoms with van der Waals surface area (Å²) in [5.41, 5.74) is 2.97. The number of carbonyl (C=O) groups is 1. The summed E-state index contributed by atoms with van der Waals surface area (Å²) in [7, 11) is 3.18. The number of aromatic nitrogens is 1. The van der Waals surface area contributed by atoms with Crippen LogP contribution < -0.4 is 14.8 Å². The van der Waals surface area contributed by atoms with Crippen LogP contribution in [0.2, 0.25) is 0 Å². The molecule has 2 amide bonds. The van der Waals surface area contributed by atoms with E-state index < -0.39 is 0 Å². The van der Waals surface area contributed by atoms with Crippen molar-refractivity contribution in [1.82, 2.24) is 9.47 Å². The van der Waals surface area contributed by atoms with Gasteiger partial charge in [0.1, 0.15) is 11.5 Å². The van der Waals surface area contributed by atoms with Gasteiger partial charge in [0.25, 0.3) is 0 Å². The topological polar surface area (TPSA) is 55.7 Å². The van der Waals surface area contributed by atoms with Crippen LogP contribution in [0.1, 0.15) is 17.3 Å². The van der Waals surface area contributed by atoms with Crippen molar-refractivity contribution in [2.24, 2.45) is 0 Å². The van der Waals surface area contributed by atoms with Crippen LogP contribution in [-0.2, 0) is 13.0 Å². The number of urea groups is 1. The average Bonchev–Trinajstić information content (AvgIpc) is 3.24. The minimum absolute atomic E-state index is 0.0367. The van der Waals surface area contributed by atoms with Crippen LogP contribution in [0.3, 0.4) is 0 Å². The first-order valence-corrected chi connectivity index (χ1v) is 9.68.